The molecule has 2 aliphatic rings. The number of halogens is 1. The second-order valence-electron chi connectivity index (χ2n) is 9.15. The van der Waals surface area contributed by atoms with Gasteiger partial charge < -0.3 is 16.4 Å². The molecule has 1 aromatic heterocycles. The zero-order chi connectivity index (χ0) is 24.7. The molecule has 0 spiro atoms. The maximum absolute atomic E-state index is 13.3. The molecule has 1 aliphatic heterocycles. The monoisotopic (exact) mass is 529 g/mol. The highest BCUT2D eigenvalue weighted by Gasteiger charge is 2.38. The number of hydrogen-bond donors (Lipinski definition) is 2. The minimum atomic E-state index is -0.836. The fourth-order valence-corrected chi connectivity index (χ4v) is 6.05. The number of aromatic nitrogens is 1. The number of nitrogens with zero attached hydrogens (tertiary/aromatic N) is 3. The van der Waals surface area contributed by atoms with Crippen molar-refractivity contribution in [3.63, 3.8) is 0 Å². The topological polar surface area (TPSA) is 115 Å². The summed E-state index contributed by atoms with van der Waals surface area (Å²) in [6, 6.07) is 5.20. The molecule has 0 fully saturated rings. The number of fused-ring (bicyclic) bond motifs is 2. The van der Waals surface area contributed by atoms with Crippen molar-refractivity contribution in [1.82, 2.24) is 14.4 Å². The zero-order valence-corrected chi connectivity index (χ0v) is 21.5. The van der Waals surface area contributed by atoms with Gasteiger partial charge in [-0.2, -0.15) is 0 Å². The van der Waals surface area contributed by atoms with Gasteiger partial charge in [0.1, 0.15) is 0 Å². The average molecular weight is 530 g/mol. The molecule has 0 bridgehead atoms. The molecule has 4 rings (SSSR count). The van der Waals surface area contributed by atoms with Crippen LogP contribution < -0.4 is 11.5 Å². The molecule has 1 aliphatic carbocycles. The Morgan fingerprint density at radius 2 is 1.94 bits per heavy atom. The van der Waals surface area contributed by atoms with Crippen LogP contribution in [0.5, 0.6) is 0 Å². The SMILES string of the molecule is CCN(CC)C(=O)C1C=C2c3cccc4c3c(c(Br)n4C(=O)C(N)CCC(N)=O)CC2N(C)C1. The van der Waals surface area contributed by atoms with Gasteiger partial charge >= 0.3 is 0 Å². The second kappa shape index (κ2) is 9.64. The van der Waals surface area contributed by atoms with Crippen LogP contribution in [0.15, 0.2) is 28.9 Å². The molecule has 182 valence electrons. The third-order valence-electron chi connectivity index (χ3n) is 7.13. The van der Waals surface area contributed by atoms with E-state index in [1.54, 1.807) is 4.57 Å². The van der Waals surface area contributed by atoms with Crippen molar-refractivity contribution in [1.29, 1.82) is 0 Å². The predicted molar refractivity (Wildman–Crippen MR) is 136 cm³/mol. The first-order valence-electron chi connectivity index (χ1n) is 11.8. The molecule has 0 saturated heterocycles. The van der Waals surface area contributed by atoms with Crippen molar-refractivity contribution in [2.24, 2.45) is 17.4 Å². The molecule has 2 aromatic rings. The number of carbonyl (C=O) groups excluding carboxylic acids is 3. The lowest BCUT2D eigenvalue weighted by Gasteiger charge is -2.40. The summed E-state index contributed by atoms with van der Waals surface area (Å²) >= 11 is 3.68. The Morgan fingerprint density at radius 3 is 2.59 bits per heavy atom. The highest BCUT2D eigenvalue weighted by atomic mass is 79.9. The average Bonchev–Trinajstić information content (AvgIpc) is 3.10. The first-order valence-corrected chi connectivity index (χ1v) is 12.6. The van der Waals surface area contributed by atoms with Gasteiger partial charge in [0.2, 0.25) is 17.7 Å². The third kappa shape index (κ3) is 4.10. The van der Waals surface area contributed by atoms with E-state index in [1.807, 2.05) is 30.9 Å². The van der Waals surface area contributed by atoms with Gasteiger partial charge in [0.15, 0.2) is 0 Å². The van der Waals surface area contributed by atoms with Crippen LogP contribution in [0.1, 0.15) is 42.6 Å². The maximum atomic E-state index is 13.3. The lowest BCUT2D eigenvalue weighted by atomic mass is 9.79. The molecule has 34 heavy (non-hydrogen) atoms. The van der Waals surface area contributed by atoms with Gasteiger partial charge in [0, 0.05) is 37.5 Å². The molecule has 1 aromatic carbocycles. The van der Waals surface area contributed by atoms with Crippen molar-refractivity contribution in [2.75, 3.05) is 26.7 Å². The van der Waals surface area contributed by atoms with E-state index in [2.05, 4.69) is 40.0 Å². The molecule has 4 N–H and O–H groups in total. The van der Waals surface area contributed by atoms with E-state index in [4.69, 9.17) is 11.5 Å². The first kappa shape index (κ1) is 24.6. The van der Waals surface area contributed by atoms with Gasteiger partial charge in [0.25, 0.3) is 0 Å². The molecule has 9 heteroatoms. The van der Waals surface area contributed by atoms with Gasteiger partial charge in [-0.1, -0.05) is 18.2 Å². The molecule has 2 heterocycles. The van der Waals surface area contributed by atoms with Gasteiger partial charge in [-0.15, -0.1) is 0 Å². The van der Waals surface area contributed by atoms with E-state index in [9.17, 15) is 14.4 Å². The smallest absolute Gasteiger partial charge is 0.248 e. The van der Waals surface area contributed by atoms with Gasteiger partial charge in [-0.3, -0.25) is 23.9 Å². The van der Waals surface area contributed by atoms with Crippen LogP contribution in [0, 0.1) is 5.92 Å². The third-order valence-corrected chi connectivity index (χ3v) is 7.96. The van der Waals surface area contributed by atoms with Crippen LogP contribution in [0.4, 0.5) is 0 Å². The summed E-state index contributed by atoms with van der Waals surface area (Å²) in [7, 11) is 2.06. The number of benzene rings is 1. The van der Waals surface area contributed by atoms with E-state index < -0.39 is 11.9 Å². The number of carbonyl (C=O) groups is 3. The van der Waals surface area contributed by atoms with Crippen molar-refractivity contribution >= 4 is 50.1 Å². The predicted octanol–water partition coefficient (Wildman–Crippen LogP) is 2.37. The summed E-state index contributed by atoms with van der Waals surface area (Å²) in [5, 5.41) is 1.01. The summed E-state index contributed by atoms with van der Waals surface area (Å²) in [5.74, 6) is -0.811. The Bertz CT molecular complexity index is 1180. The molecular weight excluding hydrogens is 498 g/mol. The fourth-order valence-electron chi connectivity index (χ4n) is 5.32. The molecule has 3 atom stereocenters. The Labute approximate surface area is 208 Å². The quantitative estimate of drug-likeness (QED) is 0.571. The Morgan fingerprint density at radius 1 is 1.24 bits per heavy atom. The summed E-state index contributed by atoms with van der Waals surface area (Å²) in [6.07, 6.45) is 3.11. The van der Waals surface area contributed by atoms with Crippen LogP contribution >= 0.6 is 15.9 Å². The highest BCUT2D eigenvalue weighted by molar-refractivity contribution is 9.10. The summed E-state index contributed by atoms with van der Waals surface area (Å²) in [5.41, 5.74) is 15.4. The molecule has 3 unspecified atom stereocenters. The van der Waals surface area contributed by atoms with E-state index in [0.717, 1.165) is 34.0 Å². The van der Waals surface area contributed by atoms with Crippen molar-refractivity contribution < 1.29 is 14.4 Å². The van der Waals surface area contributed by atoms with E-state index in [0.29, 0.717) is 24.2 Å². The van der Waals surface area contributed by atoms with Crippen LogP contribution in [-0.2, 0) is 16.0 Å². The Hall–Kier alpha value is -2.49. The number of amides is 2. The minimum Gasteiger partial charge on any atom is -0.370 e. The molecule has 0 saturated carbocycles. The lowest BCUT2D eigenvalue weighted by molar-refractivity contribution is -0.134. The number of nitrogens with two attached hydrogens (primary N) is 2. The van der Waals surface area contributed by atoms with E-state index >= 15 is 0 Å². The molecule has 0 radical (unpaired) electrons. The normalized spacial score (nSPS) is 20.6. The van der Waals surface area contributed by atoms with Crippen LogP contribution in [-0.4, -0.2) is 70.9 Å². The second-order valence-corrected chi connectivity index (χ2v) is 9.90. The Kier molecular flexibility index (Phi) is 6.98. The molecular formula is C25H32BrN5O3. The van der Waals surface area contributed by atoms with Crippen LogP contribution in [0.2, 0.25) is 0 Å². The molecule has 8 nitrogen and oxygen atoms in total. The Balaban J connectivity index is 1.80. The van der Waals surface area contributed by atoms with E-state index in [-0.39, 0.29) is 36.6 Å². The first-order chi connectivity index (χ1) is 16.2. The maximum Gasteiger partial charge on any atom is 0.248 e. The molecule has 2 amide bonds. The summed E-state index contributed by atoms with van der Waals surface area (Å²) < 4.78 is 2.32. The van der Waals surface area contributed by atoms with Crippen LogP contribution in [0.3, 0.4) is 0 Å². The fraction of sp³-hybridized carbons (Fsp3) is 0.480. The number of likely N-dealkylation sites (N-methyl/N-ethyl adjacent to an activating group) is 1. The number of hydrogen-bond acceptors (Lipinski definition) is 5. The van der Waals surface area contributed by atoms with Crippen molar-refractivity contribution in [2.45, 2.75) is 45.2 Å². The van der Waals surface area contributed by atoms with Gasteiger partial charge in [0.05, 0.1) is 22.1 Å². The lowest BCUT2D eigenvalue weighted by Crippen LogP contribution is -2.47. The standard InChI is InChI=1S/C25H32BrN5O3/c1-4-30(5-2)24(33)14-11-16-15-7-6-8-19-22(15)17(12-20(16)29(3)13-14)23(26)31(19)25(34)18(27)9-10-21(28)32/h6-8,11,14,18,20H,4-5,9-10,12-13,27H2,1-3H3,(H2,28,32). The van der Waals surface area contributed by atoms with Crippen molar-refractivity contribution in [3.05, 3.63) is 40.0 Å². The van der Waals surface area contributed by atoms with Gasteiger partial charge in [-0.05, 0) is 72.4 Å². The summed E-state index contributed by atoms with van der Waals surface area (Å²) in [6.45, 7) is 6.04. The largest absolute Gasteiger partial charge is 0.370 e. The van der Waals surface area contributed by atoms with Gasteiger partial charge in [-0.25, -0.2) is 0 Å². The number of primary amides is 1. The zero-order valence-electron chi connectivity index (χ0n) is 19.9. The highest BCUT2D eigenvalue weighted by Crippen LogP contribution is 2.45. The number of rotatable bonds is 7. The minimum absolute atomic E-state index is 0.0591. The van der Waals surface area contributed by atoms with Crippen LogP contribution in [0.25, 0.3) is 16.5 Å². The van der Waals surface area contributed by atoms with Crippen molar-refractivity contribution in [3.8, 4) is 0 Å². The summed E-state index contributed by atoms with van der Waals surface area (Å²) in [4.78, 5) is 41.7. The van der Waals surface area contributed by atoms with E-state index in [1.165, 1.54) is 0 Å².